The monoisotopic (exact) mass is 325 g/mol. The fourth-order valence-corrected chi connectivity index (χ4v) is 1.90. The Bertz CT molecular complexity index is 441. The summed E-state index contributed by atoms with van der Waals surface area (Å²) in [6, 6.07) is 11.8. The fourth-order valence-electron chi connectivity index (χ4n) is 1.54. The Labute approximate surface area is 108 Å². The topological polar surface area (TPSA) is 33.1 Å². The minimum Gasteiger partial charge on any atom is -0.388 e. The van der Waals surface area contributed by atoms with E-state index >= 15 is 0 Å². The summed E-state index contributed by atoms with van der Waals surface area (Å²) in [6.07, 6.45) is 3.68. The van der Waals surface area contributed by atoms with E-state index in [1.165, 1.54) is 3.57 Å². The minimum absolute atomic E-state index is 0.445. The number of pyridine rings is 1. The minimum atomic E-state index is -0.445. The molecule has 3 heteroatoms. The van der Waals surface area contributed by atoms with Gasteiger partial charge in [0, 0.05) is 22.4 Å². The smallest absolute Gasteiger partial charge is 0.0830 e. The van der Waals surface area contributed by atoms with Crippen molar-refractivity contribution in [3.05, 3.63) is 63.5 Å². The number of rotatable bonds is 3. The van der Waals surface area contributed by atoms with Gasteiger partial charge in [0.25, 0.3) is 0 Å². The highest BCUT2D eigenvalue weighted by molar-refractivity contribution is 14.1. The maximum Gasteiger partial charge on any atom is 0.0830 e. The molecule has 16 heavy (non-hydrogen) atoms. The van der Waals surface area contributed by atoms with E-state index in [4.69, 9.17) is 0 Å². The Kier molecular flexibility index (Phi) is 3.90. The standard InChI is InChI=1S/C13H12INO/c14-12-3-1-11(2-4-12)13(16)9-10-5-7-15-8-6-10/h1-8,13,16H,9H2. The van der Waals surface area contributed by atoms with Crippen LogP contribution in [-0.2, 0) is 6.42 Å². The van der Waals surface area contributed by atoms with Crippen LogP contribution in [0, 0.1) is 3.57 Å². The zero-order valence-corrected chi connectivity index (χ0v) is 10.8. The third-order valence-electron chi connectivity index (χ3n) is 2.43. The van der Waals surface area contributed by atoms with Gasteiger partial charge in [-0.25, -0.2) is 0 Å². The van der Waals surface area contributed by atoms with Crippen molar-refractivity contribution >= 4 is 22.6 Å². The molecule has 2 rings (SSSR count). The van der Waals surface area contributed by atoms with Gasteiger partial charge < -0.3 is 5.11 Å². The maximum atomic E-state index is 10.0. The lowest BCUT2D eigenvalue weighted by Gasteiger charge is -2.10. The van der Waals surface area contributed by atoms with Gasteiger partial charge in [0.05, 0.1) is 6.10 Å². The Morgan fingerprint density at radius 2 is 1.69 bits per heavy atom. The number of aromatic nitrogens is 1. The predicted molar refractivity (Wildman–Crippen MR) is 72.1 cm³/mol. The molecular weight excluding hydrogens is 313 g/mol. The van der Waals surface area contributed by atoms with Gasteiger partial charge in [-0.1, -0.05) is 12.1 Å². The molecule has 0 spiro atoms. The fraction of sp³-hybridized carbons (Fsp3) is 0.154. The molecule has 0 bridgehead atoms. The van der Waals surface area contributed by atoms with Crippen molar-refractivity contribution in [1.29, 1.82) is 0 Å². The van der Waals surface area contributed by atoms with Crippen LogP contribution in [0.1, 0.15) is 17.2 Å². The van der Waals surface area contributed by atoms with E-state index in [1.54, 1.807) is 12.4 Å². The van der Waals surface area contributed by atoms with Crippen molar-refractivity contribution in [3.63, 3.8) is 0 Å². The van der Waals surface area contributed by atoms with Crippen molar-refractivity contribution in [2.45, 2.75) is 12.5 Å². The Hall–Kier alpha value is -0.940. The van der Waals surface area contributed by atoms with Crippen LogP contribution in [0.25, 0.3) is 0 Å². The summed E-state index contributed by atoms with van der Waals surface area (Å²) >= 11 is 2.25. The third kappa shape index (κ3) is 3.02. The molecule has 0 saturated carbocycles. The molecule has 1 unspecified atom stereocenters. The highest BCUT2D eigenvalue weighted by Gasteiger charge is 2.07. The molecular formula is C13H12INO. The summed E-state index contributed by atoms with van der Waals surface area (Å²) in [7, 11) is 0. The lowest BCUT2D eigenvalue weighted by Crippen LogP contribution is -2.01. The summed E-state index contributed by atoms with van der Waals surface area (Å²) in [4.78, 5) is 3.95. The zero-order valence-electron chi connectivity index (χ0n) is 8.68. The SMILES string of the molecule is OC(Cc1ccncc1)c1ccc(I)cc1. The Morgan fingerprint density at radius 1 is 1.06 bits per heavy atom. The first kappa shape index (κ1) is 11.5. The van der Waals surface area contributed by atoms with Crippen LogP contribution in [0.5, 0.6) is 0 Å². The molecule has 0 aliphatic carbocycles. The van der Waals surface area contributed by atoms with Crippen LogP contribution >= 0.6 is 22.6 Å². The second kappa shape index (κ2) is 5.41. The third-order valence-corrected chi connectivity index (χ3v) is 3.15. The van der Waals surface area contributed by atoms with E-state index in [-0.39, 0.29) is 0 Å². The molecule has 0 saturated heterocycles. The molecule has 1 aromatic carbocycles. The first-order chi connectivity index (χ1) is 7.75. The molecule has 0 fully saturated rings. The summed E-state index contributed by atoms with van der Waals surface area (Å²) in [5.41, 5.74) is 2.05. The Morgan fingerprint density at radius 3 is 2.31 bits per heavy atom. The number of aliphatic hydroxyl groups is 1. The normalized spacial score (nSPS) is 12.4. The van der Waals surface area contributed by atoms with E-state index in [1.807, 2.05) is 36.4 Å². The first-order valence-corrected chi connectivity index (χ1v) is 6.16. The van der Waals surface area contributed by atoms with E-state index in [0.717, 1.165) is 11.1 Å². The lowest BCUT2D eigenvalue weighted by molar-refractivity contribution is 0.178. The number of hydrogen-bond donors (Lipinski definition) is 1. The quantitative estimate of drug-likeness (QED) is 0.880. The highest BCUT2D eigenvalue weighted by Crippen LogP contribution is 2.18. The van der Waals surface area contributed by atoms with Crippen LogP contribution in [0.3, 0.4) is 0 Å². The van der Waals surface area contributed by atoms with Crippen LogP contribution in [0.4, 0.5) is 0 Å². The largest absolute Gasteiger partial charge is 0.388 e. The number of nitrogens with zero attached hydrogens (tertiary/aromatic N) is 1. The van der Waals surface area contributed by atoms with Gasteiger partial charge in [-0.2, -0.15) is 0 Å². The molecule has 0 amide bonds. The summed E-state index contributed by atoms with van der Waals surface area (Å²) in [5.74, 6) is 0. The molecule has 1 aromatic heterocycles. The molecule has 0 aliphatic heterocycles. The summed E-state index contributed by atoms with van der Waals surface area (Å²) in [6.45, 7) is 0. The molecule has 0 aliphatic rings. The van der Waals surface area contributed by atoms with Crippen LogP contribution < -0.4 is 0 Å². The maximum absolute atomic E-state index is 10.0. The second-order valence-electron chi connectivity index (χ2n) is 3.63. The average molecular weight is 325 g/mol. The predicted octanol–water partition coefficient (Wildman–Crippen LogP) is 2.96. The van der Waals surface area contributed by atoms with Crippen molar-refractivity contribution in [2.75, 3.05) is 0 Å². The number of benzene rings is 1. The van der Waals surface area contributed by atoms with Crippen LogP contribution in [-0.4, -0.2) is 10.1 Å². The zero-order chi connectivity index (χ0) is 11.4. The van der Waals surface area contributed by atoms with Gasteiger partial charge in [-0.3, -0.25) is 4.98 Å². The number of halogens is 1. The summed E-state index contributed by atoms with van der Waals surface area (Å²) < 4.78 is 1.18. The van der Waals surface area contributed by atoms with Crippen LogP contribution in [0.2, 0.25) is 0 Å². The highest BCUT2D eigenvalue weighted by atomic mass is 127. The molecule has 1 N–H and O–H groups in total. The van der Waals surface area contributed by atoms with Crippen LogP contribution in [0.15, 0.2) is 48.8 Å². The average Bonchev–Trinajstić information content (AvgIpc) is 2.31. The van der Waals surface area contributed by atoms with Gasteiger partial charge >= 0.3 is 0 Å². The first-order valence-electron chi connectivity index (χ1n) is 5.08. The van der Waals surface area contributed by atoms with E-state index in [0.29, 0.717) is 6.42 Å². The number of aliphatic hydroxyl groups excluding tert-OH is 1. The van der Waals surface area contributed by atoms with Gasteiger partial charge in [0.1, 0.15) is 0 Å². The lowest BCUT2D eigenvalue weighted by atomic mass is 10.0. The molecule has 2 nitrogen and oxygen atoms in total. The molecule has 0 radical (unpaired) electrons. The van der Waals surface area contributed by atoms with Crippen molar-refractivity contribution in [1.82, 2.24) is 4.98 Å². The van der Waals surface area contributed by atoms with Gasteiger partial charge in [0.2, 0.25) is 0 Å². The van der Waals surface area contributed by atoms with Crippen molar-refractivity contribution in [2.24, 2.45) is 0 Å². The number of hydrogen-bond acceptors (Lipinski definition) is 2. The Balaban J connectivity index is 2.09. The molecule has 2 aromatic rings. The van der Waals surface area contributed by atoms with Crippen molar-refractivity contribution < 1.29 is 5.11 Å². The molecule has 1 atom stereocenters. The van der Waals surface area contributed by atoms with E-state index < -0.39 is 6.10 Å². The van der Waals surface area contributed by atoms with E-state index in [2.05, 4.69) is 27.6 Å². The van der Waals surface area contributed by atoms with Crippen molar-refractivity contribution in [3.8, 4) is 0 Å². The molecule has 82 valence electrons. The second-order valence-corrected chi connectivity index (χ2v) is 4.87. The van der Waals surface area contributed by atoms with Gasteiger partial charge in [-0.05, 0) is 58.0 Å². The molecule has 1 heterocycles. The van der Waals surface area contributed by atoms with E-state index in [9.17, 15) is 5.11 Å². The summed E-state index contributed by atoms with van der Waals surface area (Å²) in [5, 5.41) is 10.0. The van der Waals surface area contributed by atoms with Gasteiger partial charge in [0.15, 0.2) is 0 Å². The van der Waals surface area contributed by atoms with Gasteiger partial charge in [-0.15, -0.1) is 0 Å².